The molecule has 0 saturated heterocycles. The molecule has 2 aromatic carbocycles. The van der Waals surface area contributed by atoms with Gasteiger partial charge in [-0.1, -0.05) is 23.2 Å². The maximum Gasteiger partial charge on any atom is 0.269 e. The van der Waals surface area contributed by atoms with Crippen LogP contribution in [0.2, 0.25) is 10.0 Å². The van der Waals surface area contributed by atoms with Crippen LogP contribution in [0.3, 0.4) is 0 Å². The summed E-state index contributed by atoms with van der Waals surface area (Å²) in [4.78, 5) is 26.8. The first-order chi connectivity index (χ1) is 18.8. The van der Waals surface area contributed by atoms with Crippen molar-refractivity contribution >= 4 is 57.8 Å². The van der Waals surface area contributed by atoms with Gasteiger partial charge in [0.05, 0.1) is 49.4 Å². The molecule has 0 fully saturated rings. The third-order valence-corrected chi connectivity index (χ3v) is 7.25. The van der Waals surface area contributed by atoms with E-state index in [1.807, 2.05) is 6.07 Å². The second-order valence-electron chi connectivity index (χ2n) is 7.88. The van der Waals surface area contributed by atoms with Crippen molar-refractivity contribution in [1.29, 1.82) is 5.26 Å². The standard InChI is InChI=1S/C27H21Cl2N3O6S/c1-35-21-9-6-15(23(36-2)24(21)37-3)11-22-26(34)32(14-17-5-4-10-38-17)27(39-22)18(13-30)25(33)31-20-12-16(28)7-8-19(20)29/h4-12H,14H2,1-3H3,(H,31,33)/b22-11+,27-18+. The summed E-state index contributed by atoms with van der Waals surface area (Å²) in [5, 5.41) is 13.2. The van der Waals surface area contributed by atoms with Crippen molar-refractivity contribution in [3.63, 3.8) is 0 Å². The Balaban J connectivity index is 1.94. The van der Waals surface area contributed by atoms with Gasteiger partial charge in [-0.15, -0.1) is 11.3 Å². The number of nitrogens with one attached hydrogen (secondary N) is 1. The fourth-order valence-electron chi connectivity index (χ4n) is 3.76. The molecule has 0 aliphatic carbocycles. The van der Waals surface area contributed by atoms with Gasteiger partial charge < -0.3 is 23.9 Å². The predicted molar refractivity (Wildman–Crippen MR) is 149 cm³/mol. The summed E-state index contributed by atoms with van der Waals surface area (Å²) in [6.45, 7) is -0.00897. The van der Waals surface area contributed by atoms with Crippen LogP contribution in [0.1, 0.15) is 11.3 Å². The highest BCUT2D eigenvalue weighted by molar-refractivity contribution is 7.07. The molecule has 0 aliphatic heterocycles. The first-order valence-electron chi connectivity index (χ1n) is 11.2. The Bertz CT molecular complexity index is 1750. The molecule has 9 nitrogen and oxygen atoms in total. The summed E-state index contributed by atoms with van der Waals surface area (Å²) in [6, 6.07) is 13.2. The normalized spacial score (nSPS) is 12.1. The van der Waals surface area contributed by atoms with Crippen molar-refractivity contribution in [2.45, 2.75) is 6.54 Å². The van der Waals surface area contributed by atoms with E-state index >= 15 is 0 Å². The van der Waals surface area contributed by atoms with Crippen LogP contribution in [-0.2, 0) is 11.3 Å². The number of carbonyl (C=O) groups excluding carboxylic acids is 1. The molecule has 12 heteroatoms. The number of anilines is 1. The molecule has 0 saturated carbocycles. The lowest BCUT2D eigenvalue weighted by Gasteiger charge is -2.13. The number of nitrogens with zero attached hydrogens (tertiary/aromatic N) is 2. The molecule has 4 aromatic rings. The summed E-state index contributed by atoms with van der Waals surface area (Å²) in [5.41, 5.74) is 0.0160. The average molecular weight is 586 g/mol. The molecule has 0 unspecified atom stereocenters. The Labute approximate surface area is 236 Å². The number of rotatable bonds is 8. The lowest BCUT2D eigenvalue weighted by Crippen LogP contribution is -2.33. The zero-order chi connectivity index (χ0) is 28.1. The number of nitriles is 1. The van der Waals surface area contributed by atoms with Crippen LogP contribution in [0, 0.1) is 11.3 Å². The average Bonchev–Trinajstić information content (AvgIpc) is 3.55. The lowest BCUT2D eigenvalue weighted by atomic mass is 10.1. The monoisotopic (exact) mass is 585 g/mol. The van der Waals surface area contributed by atoms with Crippen LogP contribution in [-0.4, -0.2) is 31.8 Å². The smallest absolute Gasteiger partial charge is 0.269 e. The number of hydrogen-bond donors (Lipinski definition) is 1. The summed E-state index contributed by atoms with van der Waals surface area (Å²) in [7, 11) is 4.44. The van der Waals surface area contributed by atoms with Gasteiger partial charge >= 0.3 is 0 Å². The van der Waals surface area contributed by atoms with Crippen molar-refractivity contribution < 1.29 is 23.4 Å². The first kappa shape index (κ1) is 27.9. The second kappa shape index (κ2) is 12.1. The van der Waals surface area contributed by atoms with Crippen molar-refractivity contribution in [1.82, 2.24) is 4.57 Å². The van der Waals surface area contributed by atoms with Crippen LogP contribution in [0.4, 0.5) is 5.69 Å². The number of amides is 1. The zero-order valence-electron chi connectivity index (χ0n) is 20.9. The van der Waals surface area contributed by atoms with E-state index < -0.39 is 11.5 Å². The maximum absolute atomic E-state index is 13.6. The van der Waals surface area contributed by atoms with E-state index in [1.54, 1.807) is 36.4 Å². The van der Waals surface area contributed by atoms with E-state index in [-0.39, 0.29) is 32.0 Å². The highest BCUT2D eigenvalue weighted by Crippen LogP contribution is 2.40. The summed E-state index contributed by atoms with van der Waals surface area (Å²) >= 11 is 13.2. The number of thiazole rings is 1. The summed E-state index contributed by atoms with van der Waals surface area (Å²) in [5.74, 6) is 0.850. The number of benzene rings is 2. The molecular formula is C27H21Cl2N3O6S. The minimum atomic E-state index is -0.758. The molecule has 200 valence electrons. The van der Waals surface area contributed by atoms with Crippen LogP contribution in [0.25, 0.3) is 11.6 Å². The molecule has 1 amide bonds. The van der Waals surface area contributed by atoms with Gasteiger partial charge in [-0.25, -0.2) is 0 Å². The highest BCUT2D eigenvalue weighted by Gasteiger charge is 2.19. The van der Waals surface area contributed by atoms with Crippen LogP contribution in [0.5, 0.6) is 17.2 Å². The number of ether oxygens (including phenoxy) is 3. The highest BCUT2D eigenvalue weighted by atomic mass is 35.5. The van der Waals surface area contributed by atoms with E-state index in [0.29, 0.717) is 33.6 Å². The molecule has 39 heavy (non-hydrogen) atoms. The number of aromatic nitrogens is 1. The third-order valence-electron chi connectivity index (χ3n) is 5.55. The SMILES string of the molecule is COc1ccc(/C=c2/s/c(=C(\C#N)C(=O)Nc3cc(Cl)ccc3Cl)n(Cc3ccco3)c2=O)c(OC)c1OC. The van der Waals surface area contributed by atoms with Crippen molar-refractivity contribution in [2.75, 3.05) is 26.6 Å². The molecule has 2 aromatic heterocycles. The fraction of sp³-hybridized carbons (Fsp3) is 0.148. The molecule has 2 heterocycles. The number of carbonyl (C=O) groups is 1. The molecule has 0 radical (unpaired) electrons. The van der Waals surface area contributed by atoms with E-state index in [1.165, 1.54) is 44.3 Å². The van der Waals surface area contributed by atoms with Gasteiger partial charge in [0.2, 0.25) is 5.75 Å². The second-order valence-corrected chi connectivity index (χ2v) is 9.75. The van der Waals surface area contributed by atoms with E-state index in [9.17, 15) is 14.9 Å². The van der Waals surface area contributed by atoms with Gasteiger partial charge in [0, 0.05) is 10.6 Å². The predicted octanol–water partition coefficient (Wildman–Crippen LogP) is 4.03. The van der Waals surface area contributed by atoms with Gasteiger partial charge in [0.25, 0.3) is 11.5 Å². The summed E-state index contributed by atoms with van der Waals surface area (Å²) < 4.78 is 23.4. The van der Waals surface area contributed by atoms with E-state index in [0.717, 1.165) is 11.3 Å². The van der Waals surface area contributed by atoms with Crippen molar-refractivity contribution in [3.8, 4) is 23.3 Å². The number of hydrogen-bond acceptors (Lipinski definition) is 8. The Morgan fingerprint density at radius 3 is 2.54 bits per heavy atom. The van der Waals surface area contributed by atoms with Crippen LogP contribution >= 0.6 is 34.5 Å². The summed E-state index contributed by atoms with van der Waals surface area (Å²) in [6.07, 6.45) is 3.06. The van der Waals surface area contributed by atoms with Crippen LogP contribution in [0.15, 0.2) is 57.9 Å². The Morgan fingerprint density at radius 1 is 1.13 bits per heavy atom. The third kappa shape index (κ3) is 5.81. The molecule has 0 bridgehead atoms. The fourth-order valence-corrected chi connectivity index (χ4v) is 5.19. The Hall–Kier alpha value is -4.17. The number of halogens is 2. The van der Waals surface area contributed by atoms with Crippen LogP contribution < -0.4 is 34.3 Å². The van der Waals surface area contributed by atoms with Crippen molar-refractivity contribution in [3.05, 3.63) is 89.6 Å². The quantitative estimate of drug-likeness (QED) is 0.332. The van der Waals surface area contributed by atoms with Gasteiger partial charge in [0.15, 0.2) is 17.1 Å². The van der Waals surface area contributed by atoms with Gasteiger partial charge in [0.1, 0.15) is 16.5 Å². The minimum absolute atomic E-state index is 0.00897. The van der Waals surface area contributed by atoms with Crippen molar-refractivity contribution in [2.24, 2.45) is 0 Å². The van der Waals surface area contributed by atoms with E-state index in [4.69, 9.17) is 41.8 Å². The van der Waals surface area contributed by atoms with Gasteiger partial charge in [-0.3, -0.25) is 14.2 Å². The molecule has 0 atom stereocenters. The molecule has 0 spiro atoms. The number of furan rings is 1. The molecule has 4 rings (SSSR count). The largest absolute Gasteiger partial charge is 0.493 e. The zero-order valence-corrected chi connectivity index (χ0v) is 23.2. The van der Waals surface area contributed by atoms with E-state index in [2.05, 4.69) is 5.32 Å². The lowest BCUT2D eigenvalue weighted by molar-refractivity contribution is -0.111. The van der Waals surface area contributed by atoms with Gasteiger partial charge in [-0.05, 0) is 48.5 Å². The minimum Gasteiger partial charge on any atom is -0.493 e. The topological polar surface area (TPSA) is 116 Å². The molecule has 0 aliphatic rings. The maximum atomic E-state index is 13.6. The number of methoxy groups -OCH3 is 3. The molecule has 1 N–H and O–H groups in total. The molecular weight excluding hydrogens is 565 g/mol. The van der Waals surface area contributed by atoms with Gasteiger partial charge in [-0.2, -0.15) is 5.26 Å². The Kier molecular flexibility index (Phi) is 8.66. The Morgan fingerprint density at radius 2 is 1.90 bits per heavy atom. The first-order valence-corrected chi connectivity index (χ1v) is 12.8.